The number of aromatic nitrogens is 4. The molecule has 0 bridgehead atoms. The highest BCUT2D eigenvalue weighted by Crippen LogP contribution is 2.41. The van der Waals surface area contributed by atoms with Gasteiger partial charge < -0.3 is 10.1 Å². The molecule has 0 amide bonds. The number of fused-ring (bicyclic) bond motifs is 1. The van der Waals surface area contributed by atoms with Gasteiger partial charge in [-0.2, -0.15) is 0 Å². The summed E-state index contributed by atoms with van der Waals surface area (Å²) in [6, 6.07) is 9.29. The fourth-order valence-electron chi connectivity index (χ4n) is 4.68. The zero-order chi connectivity index (χ0) is 22.9. The molecule has 0 aliphatic carbocycles. The van der Waals surface area contributed by atoms with Crippen molar-refractivity contribution in [2.45, 2.75) is 32.2 Å². The quantitative estimate of drug-likeness (QED) is 0.283. The highest BCUT2D eigenvalue weighted by atomic mass is 127. The lowest BCUT2D eigenvalue weighted by atomic mass is 10.00. The summed E-state index contributed by atoms with van der Waals surface area (Å²) in [5, 5.41) is 9.13. The first-order chi connectivity index (χ1) is 16.1. The van der Waals surface area contributed by atoms with Crippen molar-refractivity contribution in [1.29, 1.82) is 0 Å². The predicted octanol–water partition coefficient (Wildman–Crippen LogP) is 6.05. The number of ether oxygens (including phenoxy) is 1. The Kier molecular flexibility index (Phi) is 6.62. The van der Waals surface area contributed by atoms with Crippen LogP contribution in [0.3, 0.4) is 0 Å². The third-order valence-electron chi connectivity index (χ3n) is 6.26. The highest BCUT2D eigenvalue weighted by Gasteiger charge is 2.23. The first-order valence-electron chi connectivity index (χ1n) is 11.1. The molecule has 0 radical (unpaired) electrons. The van der Waals surface area contributed by atoms with Crippen LogP contribution < -0.4 is 10.1 Å². The van der Waals surface area contributed by atoms with Gasteiger partial charge in [0.05, 0.1) is 18.7 Å². The van der Waals surface area contributed by atoms with E-state index in [1.54, 1.807) is 28.4 Å². The summed E-state index contributed by atoms with van der Waals surface area (Å²) in [7, 11) is 3.24. The van der Waals surface area contributed by atoms with E-state index >= 15 is 0 Å². The zero-order valence-electron chi connectivity index (χ0n) is 18.5. The average molecular weight is 577 g/mol. The van der Waals surface area contributed by atoms with Gasteiger partial charge in [-0.05, 0) is 56.1 Å². The molecule has 1 fully saturated rings. The highest BCUT2D eigenvalue weighted by molar-refractivity contribution is 14.2. The number of pyridine rings is 1. The predicted molar refractivity (Wildman–Crippen MR) is 140 cm³/mol. The second kappa shape index (κ2) is 9.63. The number of rotatable bonds is 6. The van der Waals surface area contributed by atoms with Crippen LogP contribution in [0.5, 0.6) is 5.88 Å². The maximum absolute atomic E-state index is 14.1. The normalized spacial score (nSPS) is 14.8. The van der Waals surface area contributed by atoms with E-state index in [1.165, 1.54) is 6.07 Å². The van der Waals surface area contributed by atoms with Crippen LogP contribution in [0.2, 0.25) is 0 Å². The molecule has 1 N–H and O–H groups in total. The van der Waals surface area contributed by atoms with E-state index < -0.39 is 0 Å². The van der Waals surface area contributed by atoms with Crippen LogP contribution in [-0.2, 0) is 6.42 Å². The molecule has 33 heavy (non-hydrogen) atoms. The minimum Gasteiger partial charge on any atom is -0.479 e. The van der Waals surface area contributed by atoms with Crippen molar-refractivity contribution in [3.05, 3.63) is 54.2 Å². The third-order valence-corrected chi connectivity index (χ3v) is 7.98. The van der Waals surface area contributed by atoms with E-state index in [1.807, 2.05) is 16.9 Å². The lowest BCUT2D eigenvalue weighted by molar-refractivity contribution is 0.327. The van der Waals surface area contributed by atoms with Gasteiger partial charge in [0.1, 0.15) is 5.82 Å². The van der Waals surface area contributed by atoms with Crippen molar-refractivity contribution < 1.29 is 9.13 Å². The SMILES string of the molecule is CCc1c(-c2cccc(F)c2)c2cc(-c3cn(C4CCNCC4)nc3OC)cnc2n1SI. The van der Waals surface area contributed by atoms with Gasteiger partial charge in [-0.3, -0.25) is 8.65 Å². The fraction of sp³-hybridized carbons (Fsp3) is 0.333. The molecule has 1 aliphatic rings. The summed E-state index contributed by atoms with van der Waals surface area (Å²) < 4.78 is 24.0. The standard InChI is InChI=1S/C24H25FIN5OS/c1-3-21-22(15-5-4-6-17(25)11-15)19-12-16(13-28-23(19)31(21)33-26)20-14-30(29-24(20)32-2)18-7-9-27-10-8-18/h4-6,11-14,18,27H,3,7-10H2,1-2H3. The molecular weight excluding hydrogens is 552 g/mol. The van der Waals surface area contributed by atoms with Crippen LogP contribution in [0.4, 0.5) is 4.39 Å². The Balaban J connectivity index is 1.69. The van der Waals surface area contributed by atoms with Gasteiger partial charge in [-0.15, -0.1) is 5.10 Å². The van der Waals surface area contributed by atoms with Crippen LogP contribution in [-0.4, -0.2) is 38.9 Å². The number of benzene rings is 1. The molecule has 172 valence electrons. The lowest BCUT2D eigenvalue weighted by Gasteiger charge is -2.22. The number of nitrogens with zero attached hydrogens (tertiary/aromatic N) is 4. The number of hydrogen-bond acceptors (Lipinski definition) is 5. The molecule has 0 unspecified atom stereocenters. The largest absolute Gasteiger partial charge is 0.479 e. The van der Waals surface area contributed by atoms with Gasteiger partial charge >= 0.3 is 0 Å². The molecule has 1 aliphatic heterocycles. The van der Waals surface area contributed by atoms with Crippen molar-refractivity contribution in [3.63, 3.8) is 0 Å². The summed E-state index contributed by atoms with van der Waals surface area (Å²) in [5.41, 5.74) is 5.74. The van der Waals surface area contributed by atoms with E-state index in [-0.39, 0.29) is 5.82 Å². The summed E-state index contributed by atoms with van der Waals surface area (Å²) >= 11 is 2.28. The van der Waals surface area contributed by atoms with Crippen LogP contribution in [0.1, 0.15) is 31.5 Å². The Morgan fingerprint density at radius 1 is 1.24 bits per heavy atom. The van der Waals surface area contributed by atoms with Crippen LogP contribution in [0.15, 0.2) is 42.7 Å². The monoisotopic (exact) mass is 577 g/mol. The van der Waals surface area contributed by atoms with Crippen LogP contribution in [0.25, 0.3) is 33.3 Å². The van der Waals surface area contributed by atoms with Crippen LogP contribution in [0, 0.1) is 5.82 Å². The van der Waals surface area contributed by atoms with Gasteiger partial charge in [-0.25, -0.2) is 9.37 Å². The smallest absolute Gasteiger partial charge is 0.240 e. The van der Waals surface area contributed by atoms with E-state index in [2.05, 4.69) is 49.7 Å². The van der Waals surface area contributed by atoms with Gasteiger partial charge in [0, 0.05) is 64.9 Å². The molecule has 4 aromatic rings. The van der Waals surface area contributed by atoms with Crippen molar-refractivity contribution in [3.8, 4) is 28.1 Å². The van der Waals surface area contributed by atoms with Crippen molar-refractivity contribution >= 4 is 41.4 Å². The van der Waals surface area contributed by atoms with E-state index in [0.29, 0.717) is 11.9 Å². The number of methoxy groups -OCH3 is 1. The molecule has 9 heteroatoms. The summed E-state index contributed by atoms with van der Waals surface area (Å²) in [4.78, 5) is 4.84. The molecule has 1 saturated heterocycles. The molecule has 6 nitrogen and oxygen atoms in total. The molecule has 3 aromatic heterocycles. The Morgan fingerprint density at radius 2 is 2.06 bits per heavy atom. The molecule has 0 spiro atoms. The first kappa shape index (κ1) is 22.7. The molecule has 4 heterocycles. The Hall–Kier alpha value is -2.11. The van der Waals surface area contributed by atoms with Gasteiger partial charge in [-0.1, -0.05) is 19.1 Å². The third kappa shape index (κ3) is 4.15. The maximum Gasteiger partial charge on any atom is 0.240 e. The van der Waals surface area contributed by atoms with E-state index in [9.17, 15) is 4.39 Å². The zero-order valence-corrected chi connectivity index (χ0v) is 21.5. The second-order valence-electron chi connectivity index (χ2n) is 8.16. The van der Waals surface area contributed by atoms with Gasteiger partial charge in [0.2, 0.25) is 5.88 Å². The number of piperidine rings is 1. The number of nitrogens with one attached hydrogen (secondary N) is 1. The van der Waals surface area contributed by atoms with Gasteiger partial charge in [0.15, 0.2) is 5.65 Å². The maximum atomic E-state index is 14.1. The Bertz CT molecular complexity index is 1300. The summed E-state index contributed by atoms with van der Waals surface area (Å²) in [5.74, 6) is 0.354. The first-order valence-corrected chi connectivity index (χ1v) is 14.4. The van der Waals surface area contributed by atoms with E-state index in [4.69, 9.17) is 14.8 Å². The van der Waals surface area contributed by atoms with Crippen molar-refractivity contribution in [2.24, 2.45) is 0 Å². The topological polar surface area (TPSA) is 56.9 Å². The second-order valence-corrected chi connectivity index (χ2v) is 9.84. The molecule has 1 aromatic carbocycles. The number of halogens is 2. The minimum atomic E-state index is -0.244. The molecular formula is C24H25FIN5OS. The minimum absolute atomic E-state index is 0.244. The van der Waals surface area contributed by atoms with Gasteiger partial charge in [0.25, 0.3) is 0 Å². The summed E-state index contributed by atoms with van der Waals surface area (Å²) in [6.07, 6.45) is 6.85. The number of hydrogen-bond donors (Lipinski definition) is 1. The molecule has 5 rings (SSSR count). The molecule has 0 atom stereocenters. The fourth-order valence-corrected chi connectivity index (χ4v) is 6.47. The summed E-state index contributed by atoms with van der Waals surface area (Å²) in [6.45, 7) is 4.11. The molecule has 0 saturated carbocycles. The van der Waals surface area contributed by atoms with Crippen molar-refractivity contribution in [2.75, 3.05) is 20.2 Å². The Morgan fingerprint density at radius 3 is 2.76 bits per heavy atom. The Labute approximate surface area is 208 Å². The van der Waals surface area contributed by atoms with Crippen LogP contribution >= 0.6 is 30.3 Å². The van der Waals surface area contributed by atoms with E-state index in [0.717, 1.165) is 71.3 Å². The lowest BCUT2D eigenvalue weighted by Crippen LogP contribution is -2.29. The van der Waals surface area contributed by atoms with Crippen molar-refractivity contribution in [1.82, 2.24) is 24.1 Å². The average Bonchev–Trinajstić information content (AvgIpc) is 3.43.